The van der Waals surface area contributed by atoms with Gasteiger partial charge in [-0.2, -0.15) is 0 Å². The number of phenols is 1. The third-order valence-electron chi connectivity index (χ3n) is 2.25. The zero-order valence-electron chi connectivity index (χ0n) is 10.6. The van der Waals surface area contributed by atoms with Crippen LogP contribution in [0.25, 0.3) is 0 Å². The van der Waals surface area contributed by atoms with E-state index in [9.17, 15) is 14.3 Å². The number of amides is 1. The number of nitrogens with zero attached hydrogens (tertiary/aromatic N) is 1. The van der Waals surface area contributed by atoms with E-state index in [0.29, 0.717) is 6.54 Å². The topological polar surface area (TPSA) is 40.5 Å². The number of hydrogen-bond donors (Lipinski definition) is 1. The summed E-state index contributed by atoms with van der Waals surface area (Å²) in [5.41, 5.74) is -0.0513. The minimum atomic E-state index is -0.532. The molecule has 94 valence electrons. The smallest absolute Gasteiger partial charge is 0.257 e. The Morgan fingerprint density at radius 2 is 2.00 bits per heavy atom. The molecule has 1 aromatic carbocycles. The molecule has 0 saturated heterocycles. The zero-order valence-corrected chi connectivity index (χ0v) is 10.6. The Hall–Kier alpha value is -1.58. The van der Waals surface area contributed by atoms with Crippen molar-refractivity contribution >= 4 is 5.91 Å². The van der Waals surface area contributed by atoms with E-state index in [0.717, 1.165) is 12.1 Å². The summed E-state index contributed by atoms with van der Waals surface area (Å²) in [4.78, 5) is 13.5. The lowest BCUT2D eigenvalue weighted by Gasteiger charge is -2.26. The molecule has 1 amide bonds. The predicted molar refractivity (Wildman–Crippen MR) is 64.5 cm³/mol. The maximum absolute atomic E-state index is 13.0. The lowest BCUT2D eigenvalue weighted by Crippen LogP contribution is -2.34. The van der Waals surface area contributed by atoms with Crippen molar-refractivity contribution in [1.29, 1.82) is 0 Å². The maximum atomic E-state index is 13.0. The van der Waals surface area contributed by atoms with Crippen LogP contribution in [0.2, 0.25) is 0 Å². The van der Waals surface area contributed by atoms with Crippen LogP contribution in [0.5, 0.6) is 5.75 Å². The van der Waals surface area contributed by atoms with Gasteiger partial charge in [0.05, 0.1) is 5.56 Å². The molecule has 0 aliphatic rings. The molecule has 0 fully saturated rings. The van der Waals surface area contributed by atoms with E-state index in [1.165, 1.54) is 11.0 Å². The summed E-state index contributed by atoms with van der Waals surface area (Å²) in [6.45, 7) is 6.54. The van der Waals surface area contributed by atoms with E-state index in [2.05, 4.69) is 0 Å². The molecule has 0 saturated carbocycles. The van der Waals surface area contributed by atoms with E-state index in [4.69, 9.17) is 0 Å². The first-order valence-corrected chi connectivity index (χ1v) is 5.45. The van der Waals surface area contributed by atoms with E-state index < -0.39 is 5.82 Å². The SMILES string of the molecule is CN(CC(C)(C)C)C(=O)c1cc(F)ccc1O. The molecule has 0 aromatic heterocycles. The van der Waals surface area contributed by atoms with Crippen molar-refractivity contribution in [3.05, 3.63) is 29.6 Å². The van der Waals surface area contributed by atoms with Crippen molar-refractivity contribution in [3.8, 4) is 5.75 Å². The molecule has 0 atom stereocenters. The van der Waals surface area contributed by atoms with Gasteiger partial charge in [-0.25, -0.2) is 4.39 Å². The number of carbonyl (C=O) groups excluding carboxylic acids is 1. The average Bonchev–Trinajstić information content (AvgIpc) is 2.18. The Labute approximate surface area is 101 Å². The standard InChI is InChI=1S/C13H18FNO2/c1-13(2,3)8-15(4)12(17)10-7-9(14)5-6-11(10)16/h5-7,16H,8H2,1-4H3. The van der Waals surface area contributed by atoms with Gasteiger partial charge in [-0.05, 0) is 23.6 Å². The summed E-state index contributed by atoms with van der Waals surface area (Å²) in [7, 11) is 1.64. The first-order valence-electron chi connectivity index (χ1n) is 5.45. The molecule has 17 heavy (non-hydrogen) atoms. The summed E-state index contributed by atoms with van der Waals surface area (Å²) in [5.74, 6) is -1.11. The van der Waals surface area contributed by atoms with Gasteiger partial charge in [0.1, 0.15) is 11.6 Å². The highest BCUT2D eigenvalue weighted by molar-refractivity contribution is 5.96. The molecule has 1 rings (SSSR count). The summed E-state index contributed by atoms with van der Waals surface area (Å²) < 4.78 is 13.0. The van der Waals surface area contributed by atoms with Crippen molar-refractivity contribution in [1.82, 2.24) is 4.90 Å². The third-order valence-corrected chi connectivity index (χ3v) is 2.25. The molecule has 4 heteroatoms. The number of halogens is 1. The largest absolute Gasteiger partial charge is 0.507 e. The van der Waals surface area contributed by atoms with Gasteiger partial charge in [-0.15, -0.1) is 0 Å². The van der Waals surface area contributed by atoms with Crippen LogP contribution in [0.15, 0.2) is 18.2 Å². The van der Waals surface area contributed by atoms with Crippen molar-refractivity contribution in [2.75, 3.05) is 13.6 Å². The van der Waals surface area contributed by atoms with Crippen molar-refractivity contribution in [2.24, 2.45) is 5.41 Å². The Morgan fingerprint density at radius 1 is 1.41 bits per heavy atom. The molecule has 1 aromatic rings. The third kappa shape index (κ3) is 3.73. The van der Waals surface area contributed by atoms with Gasteiger partial charge in [0.15, 0.2) is 0 Å². The molecule has 0 spiro atoms. The van der Waals surface area contributed by atoms with Gasteiger partial charge in [0.2, 0.25) is 0 Å². The van der Waals surface area contributed by atoms with E-state index in [-0.39, 0.29) is 22.6 Å². The second kappa shape index (κ2) is 4.73. The zero-order chi connectivity index (χ0) is 13.2. The molecule has 0 aliphatic heterocycles. The Morgan fingerprint density at radius 3 is 2.53 bits per heavy atom. The van der Waals surface area contributed by atoms with Crippen molar-refractivity contribution in [2.45, 2.75) is 20.8 Å². The van der Waals surface area contributed by atoms with E-state index in [1.54, 1.807) is 7.05 Å². The highest BCUT2D eigenvalue weighted by atomic mass is 19.1. The van der Waals surface area contributed by atoms with Gasteiger partial charge < -0.3 is 10.0 Å². The van der Waals surface area contributed by atoms with Crippen LogP contribution in [0.1, 0.15) is 31.1 Å². The first kappa shape index (κ1) is 13.5. The fourth-order valence-electron chi connectivity index (χ4n) is 1.67. The normalized spacial score (nSPS) is 11.4. The second-order valence-corrected chi connectivity index (χ2v) is 5.38. The number of hydrogen-bond acceptors (Lipinski definition) is 2. The van der Waals surface area contributed by atoms with Crippen LogP contribution in [-0.4, -0.2) is 29.5 Å². The van der Waals surface area contributed by atoms with E-state index in [1.807, 2.05) is 20.8 Å². The van der Waals surface area contributed by atoms with Gasteiger partial charge in [0, 0.05) is 13.6 Å². The van der Waals surface area contributed by atoms with Crippen LogP contribution in [-0.2, 0) is 0 Å². The first-order chi connectivity index (χ1) is 7.70. The summed E-state index contributed by atoms with van der Waals surface area (Å²) >= 11 is 0. The van der Waals surface area contributed by atoms with Crippen LogP contribution >= 0.6 is 0 Å². The molecule has 0 radical (unpaired) electrons. The highest BCUT2D eigenvalue weighted by Gasteiger charge is 2.21. The molecular formula is C13H18FNO2. The molecule has 1 N–H and O–H groups in total. The van der Waals surface area contributed by atoms with Crippen LogP contribution in [0.3, 0.4) is 0 Å². The van der Waals surface area contributed by atoms with Crippen LogP contribution in [0, 0.1) is 11.2 Å². The lowest BCUT2D eigenvalue weighted by molar-refractivity contribution is 0.0742. The van der Waals surface area contributed by atoms with Gasteiger partial charge >= 0.3 is 0 Å². The molecule has 3 nitrogen and oxygen atoms in total. The Kier molecular flexibility index (Phi) is 3.76. The fourth-order valence-corrected chi connectivity index (χ4v) is 1.67. The average molecular weight is 239 g/mol. The highest BCUT2D eigenvalue weighted by Crippen LogP contribution is 2.21. The predicted octanol–water partition coefficient (Wildman–Crippen LogP) is 2.65. The molecular weight excluding hydrogens is 221 g/mol. The van der Waals surface area contributed by atoms with E-state index >= 15 is 0 Å². The lowest BCUT2D eigenvalue weighted by atomic mass is 9.96. The maximum Gasteiger partial charge on any atom is 0.257 e. The van der Waals surface area contributed by atoms with Crippen LogP contribution < -0.4 is 0 Å². The number of aromatic hydroxyl groups is 1. The number of rotatable bonds is 2. The summed E-state index contributed by atoms with van der Waals surface area (Å²) in [5, 5.41) is 9.54. The molecule has 0 unspecified atom stereocenters. The summed E-state index contributed by atoms with van der Waals surface area (Å²) in [6, 6.07) is 3.36. The minimum absolute atomic E-state index is 0.00301. The Balaban J connectivity index is 2.93. The number of phenolic OH excluding ortho intramolecular Hbond substituents is 1. The van der Waals surface area contributed by atoms with Gasteiger partial charge in [-0.1, -0.05) is 20.8 Å². The van der Waals surface area contributed by atoms with Crippen LogP contribution in [0.4, 0.5) is 4.39 Å². The number of carbonyl (C=O) groups is 1. The summed E-state index contributed by atoms with van der Waals surface area (Å²) in [6.07, 6.45) is 0. The molecule has 0 bridgehead atoms. The number of benzene rings is 1. The fraction of sp³-hybridized carbons (Fsp3) is 0.462. The minimum Gasteiger partial charge on any atom is -0.507 e. The molecule has 0 aliphatic carbocycles. The monoisotopic (exact) mass is 239 g/mol. The van der Waals surface area contributed by atoms with Gasteiger partial charge in [-0.3, -0.25) is 4.79 Å². The second-order valence-electron chi connectivity index (χ2n) is 5.38. The quantitative estimate of drug-likeness (QED) is 0.862. The Bertz CT molecular complexity index is 424. The van der Waals surface area contributed by atoms with Gasteiger partial charge in [0.25, 0.3) is 5.91 Å². The van der Waals surface area contributed by atoms with Crippen molar-refractivity contribution < 1.29 is 14.3 Å². The molecule has 0 heterocycles. The van der Waals surface area contributed by atoms with Crippen molar-refractivity contribution in [3.63, 3.8) is 0 Å².